The van der Waals surface area contributed by atoms with Crippen LogP contribution >= 0.6 is 11.6 Å². The van der Waals surface area contributed by atoms with Gasteiger partial charge < -0.3 is 9.84 Å². The number of halogens is 2. The molecule has 0 bridgehead atoms. The zero-order valence-electron chi connectivity index (χ0n) is 9.08. The number of aromatic hydroxyl groups is 1. The highest BCUT2D eigenvalue weighted by Crippen LogP contribution is 2.34. The number of phenolic OH excluding ortho intramolecular Hbond substituents is 1. The van der Waals surface area contributed by atoms with E-state index < -0.39 is 5.82 Å². The number of hydrogen-bond donors (Lipinski definition) is 1. The Morgan fingerprint density at radius 1 is 1.18 bits per heavy atom. The molecule has 2 rings (SSSR count). The molecule has 0 amide bonds. The second-order valence-electron chi connectivity index (χ2n) is 3.51. The molecule has 0 fully saturated rings. The molecule has 0 unspecified atom stereocenters. The first-order chi connectivity index (χ1) is 8.11. The van der Waals surface area contributed by atoms with Gasteiger partial charge in [0.25, 0.3) is 0 Å². The van der Waals surface area contributed by atoms with Gasteiger partial charge in [-0.1, -0.05) is 17.7 Å². The van der Waals surface area contributed by atoms with E-state index in [1.807, 2.05) is 0 Å². The van der Waals surface area contributed by atoms with Crippen LogP contribution < -0.4 is 4.74 Å². The van der Waals surface area contributed by atoms with Crippen LogP contribution in [0.25, 0.3) is 11.1 Å². The molecule has 0 aromatic heterocycles. The molecule has 0 radical (unpaired) electrons. The molecule has 0 heterocycles. The van der Waals surface area contributed by atoms with Gasteiger partial charge in [-0.05, 0) is 29.8 Å². The molecule has 4 heteroatoms. The Bertz CT molecular complexity index is 555. The lowest BCUT2D eigenvalue weighted by molar-refractivity contribution is 0.415. The summed E-state index contributed by atoms with van der Waals surface area (Å²) >= 11 is 5.90. The molecular formula is C13H10ClFO2. The van der Waals surface area contributed by atoms with Crippen LogP contribution in [-0.4, -0.2) is 12.2 Å². The zero-order valence-corrected chi connectivity index (χ0v) is 9.83. The van der Waals surface area contributed by atoms with E-state index in [2.05, 4.69) is 0 Å². The van der Waals surface area contributed by atoms with Gasteiger partial charge in [0.15, 0.2) is 0 Å². The first-order valence-electron chi connectivity index (χ1n) is 4.94. The number of ether oxygens (including phenoxy) is 1. The minimum absolute atomic E-state index is 0.116. The van der Waals surface area contributed by atoms with Crippen molar-refractivity contribution in [3.05, 3.63) is 47.2 Å². The molecule has 0 saturated carbocycles. The van der Waals surface area contributed by atoms with Crippen LogP contribution in [-0.2, 0) is 0 Å². The highest BCUT2D eigenvalue weighted by Gasteiger charge is 2.08. The van der Waals surface area contributed by atoms with E-state index in [0.29, 0.717) is 21.9 Å². The third kappa shape index (κ3) is 2.34. The fourth-order valence-corrected chi connectivity index (χ4v) is 1.77. The Labute approximate surface area is 103 Å². The maximum atomic E-state index is 12.9. The SMILES string of the molecule is COc1cc(-c2ccc(F)cc2O)ccc1Cl. The van der Waals surface area contributed by atoms with Crippen molar-refractivity contribution in [1.29, 1.82) is 0 Å². The lowest BCUT2D eigenvalue weighted by atomic mass is 10.0. The lowest BCUT2D eigenvalue weighted by Gasteiger charge is -2.08. The van der Waals surface area contributed by atoms with Gasteiger partial charge in [-0.15, -0.1) is 0 Å². The Balaban J connectivity index is 2.53. The molecular weight excluding hydrogens is 243 g/mol. The Morgan fingerprint density at radius 3 is 2.59 bits per heavy atom. The minimum Gasteiger partial charge on any atom is -0.507 e. The van der Waals surface area contributed by atoms with Crippen molar-refractivity contribution in [1.82, 2.24) is 0 Å². The molecule has 0 spiro atoms. The standard InChI is InChI=1S/C13H10ClFO2/c1-17-13-6-8(2-5-11(13)14)10-4-3-9(15)7-12(10)16/h2-7,16H,1H3. The van der Waals surface area contributed by atoms with Crippen molar-refractivity contribution < 1.29 is 14.2 Å². The van der Waals surface area contributed by atoms with Gasteiger partial charge in [-0.2, -0.15) is 0 Å². The lowest BCUT2D eigenvalue weighted by Crippen LogP contribution is -1.86. The maximum absolute atomic E-state index is 12.9. The molecule has 1 N–H and O–H groups in total. The average molecular weight is 253 g/mol. The molecule has 17 heavy (non-hydrogen) atoms. The van der Waals surface area contributed by atoms with Crippen LogP contribution in [0.15, 0.2) is 36.4 Å². The number of benzene rings is 2. The quantitative estimate of drug-likeness (QED) is 0.879. The number of rotatable bonds is 2. The van der Waals surface area contributed by atoms with Gasteiger partial charge in [-0.25, -0.2) is 4.39 Å². The second kappa shape index (κ2) is 4.63. The second-order valence-corrected chi connectivity index (χ2v) is 3.92. The number of methoxy groups -OCH3 is 1. The largest absolute Gasteiger partial charge is 0.507 e. The first-order valence-corrected chi connectivity index (χ1v) is 5.32. The fraction of sp³-hybridized carbons (Fsp3) is 0.0769. The van der Waals surface area contributed by atoms with Crippen molar-refractivity contribution in [2.24, 2.45) is 0 Å². The summed E-state index contributed by atoms with van der Waals surface area (Å²) in [5.41, 5.74) is 1.24. The van der Waals surface area contributed by atoms with Crippen molar-refractivity contribution in [3.63, 3.8) is 0 Å². The molecule has 0 aliphatic heterocycles. The molecule has 0 aliphatic carbocycles. The third-order valence-electron chi connectivity index (χ3n) is 2.42. The molecule has 0 atom stereocenters. The Morgan fingerprint density at radius 2 is 1.94 bits per heavy atom. The van der Waals surface area contributed by atoms with Gasteiger partial charge in [0.2, 0.25) is 0 Å². The van der Waals surface area contributed by atoms with Crippen LogP contribution in [0.5, 0.6) is 11.5 Å². The van der Waals surface area contributed by atoms with Crippen LogP contribution in [0.3, 0.4) is 0 Å². The van der Waals surface area contributed by atoms with Crippen molar-refractivity contribution >= 4 is 11.6 Å². The van der Waals surface area contributed by atoms with Crippen LogP contribution in [0.2, 0.25) is 5.02 Å². The highest BCUT2D eigenvalue weighted by molar-refractivity contribution is 6.32. The predicted molar refractivity (Wildman–Crippen MR) is 65.1 cm³/mol. The van der Waals surface area contributed by atoms with E-state index >= 15 is 0 Å². The van der Waals surface area contributed by atoms with Gasteiger partial charge in [0.05, 0.1) is 12.1 Å². The molecule has 2 aromatic carbocycles. The Kier molecular flexibility index (Phi) is 3.20. The van der Waals surface area contributed by atoms with Gasteiger partial charge in [-0.3, -0.25) is 0 Å². The van der Waals surface area contributed by atoms with Crippen LogP contribution in [0.4, 0.5) is 4.39 Å². The molecule has 0 saturated heterocycles. The van der Waals surface area contributed by atoms with E-state index in [-0.39, 0.29) is 5.75 Å². The van der Waals surface area contributed by atoms with Gasteiger partial charge >= 0.3 is 0 Å². The van der Waals surface area contributed by atoms with E-state index in [0.717, 1.165) is 6.07 Å². The van der Waals surface area contributed by atoms with Crippen molar-refractivity contribution in [2.75, 3.05) is 7.11 Å². The van der Waals surface area contributed by atoms with E-state index in [4.69, 9.17) is 16.3 Å². The monoisotopic (exact) mass is 252 g/mol. The molecule has 0 aliphatic rings. The predicted octanol–water partition coefficient (Wildman–Crippen LogP) is 3.86. The van der Waals surface area contributed by atoms with E-state index in [9.17, 15) is 9.50 Å². The van der Waals surface area contributed by atoms with Crippen molar-refractivity contribution in [2.45, 2.75) is 0 Å². The first kappa shape index (κ1) is 11.7. The minimum atomic E-state index is -0.479. The van der Waals surface area contributed by atoms with Crippen LogP contribution in [0, 0.1) is 5.82 Å². The summed E-state index contributed by atoms with van der Waals surface area (Å²) in [5, 5.41) is 10.1. The van der Waals surface area contributed by atoms with E-state index in [1.54, 1.807) is 18.2 Å². The summed E-state index contributed by atoms with van der Waals surface area (Å²) in [7, 11) is 1.51. The Hall–Kier alpha value is -1.74. The summed E-state index contributed by atoms with van der Waals surface area (Å²) in [6, 6.07) is 8.95. The number of phenols is 1. The molecule has 88 valence electrons. The smallest absolute Gasteiger partial charge is 0.138 e. The summed E-state index contributed by atoms with van der Waals surface area (Å²) in [6.07, 6.45) is 0. The van der Waals surface area contributed by atoms with Gasteiger partial charge in [0.1, 0.15) is 17.3 Å². The number of hydrogen-bond acceptors (Lipinski definition) is 2. The van der Waals surface area contributed by atoms with Crippen molar-refractivity contribution in [3.8, 4) is 22.6 Å². The normalized spacial score (nSPS) is 10.3. The average Bonchev–Trinajstić information content (AvgIpc) is 2.30. The molecule has 2 nitrogen and oxygen atoms in total. The van der Waals surface area contributed by atoms with Gasteiger partial charge in [0, 0.05) is 11.6 Å². The summed E-state index contributed by atoms with van der Waals surface area (Å²) in [6.45, 7) is 0. The topological polar surface area (TPSA) is 29.5 Å². The fourth-order valence-electron chi connectivity index (χ4n) is 1.58. The van der Waals surface area contributed by atoms with Crippen LogP contribution in [0.1, 0.15) is 0 Å². The van der Waals surface area contributed by atoms with E-state index in [1.165, 1.54) is 19.2 Å². The highest BCUT2D eigenvalue weighted by atomic mass is 35.5. The molecule has 2 aromatic rings. The summed E-state index contributed by atoms with van der Waals surface area (Å²) < 4.78 is 18.0. The maximum Gasteiger partial charge on any atom is 0.138 e. The summed E-state index contributed by atoms with van der Waals surface area (Å²) in [4.78, 5) is 0. The zero-order chi connectivity index (χ0) is 12.4. The summed E-state index contributed by atoms with van der Waals surface area (Å²) in [5.74, 6) is -0.0885. The third-order valence-corrected chi connectivity index (χ3v) is 2.73.